The van der Waals surface area contributed by atoms with Gasteiger partial charge in [-0.2, -0.15) is 0 Å². The fourth-order valence-corrected chi connectivity index (χ4v) is 1.24. The van der Waals surface area contributed by atoms with Crippen molar-refractivity contribution in [2.24, 2.45) is 5.92 Å². The highest BCUT2D eigenvalue weighted by Crippen LogP contribution is 2.01. The molecule has 0 radical (unpaired) electrons. The molecule has 0 aliphatic heterocycles. The van der Waals surface area contributed by atoms with Gasteiger partial charge in [0.05, 0.1) is 0 Å². The van der Waals surface area contributed by atoms with Gasteiger partial charge in [0.15, 0.2) is 0 Å². The SMILES string of the molecule is COCCCCCN[C@H](C)[C@H](C)CO. The van der Waals surface area contributed by atoms with Crippen molar-refractivity contribution in [2.45, 2.75) is 39.2 Å². The number of rotatable bonds is 9. The predicted octanol–water partition coefficient (Wildman–Crippen LogP) is 1.41. The zero-order chi connectivity index (χ0) is 10.8. The molecule has 14 heavy (non-hydrogen) atoms. The van der Waals surface area contributed by atoms with E-state index in [1.807, 2.05) is 0 Å². The van der Waals surface area contributed by atoms with Crippen LogP contribution in [0.3, 0.4) is 0 Å². The lowest BCUT2D eigenvalue weighted by molar-refractivity contribution is 0.190. The van der Waals surface area contributed by atoms with Crippen LogP contribution in [0.4, 0.5) is 0 Å². The molecule has 0 aromatic carbocycles. The third kappa shape index (κ3) is 7.30. The van der Waals surface area contributed by atoms with Gasteiger partial charge in [0.2, 0.25) is 0 Å². The van der Waals surface area contributed by atoms with Gasteiger partial charge in [0.25, 0.3) is 0 Å². The van der Waals surface area contributed by atoms with Crippen LogP contribution in [0.5, 0.6) is 0 Å². The first-order valence-electron chi connectivity index (χ1n) is 5.55. The van der Waals surface area contributed by atoms with Crippen molar-refractivity contribution in [3.63, 3.8) is 0 Å². The van der Waals surface area contributed by atoms with Crippen LogP contribution in [-0.4, -0.2) is 38.0 Å². The summed E-state index contributed by atoms with van der Waals surface area (Å²) in [7, 11) is 1.74. The predicted molar refractivity (Wildman–Crippen MR) is 59.4 cm³/mol. The lowest BCUT2D eigenvalue weighted by Gasteiger charge is -2.19. The Bertz CT molecular complexity index is 120. The number of aliphatic hydroxyl groups excluding tert-OH is 1. The number of hydrogen-bond acceptors (Lipinski definition) is 3. The maximum absolute atomic E-state index is 8.92. The monoisotopic (exact) mass is 203 g/mol. The summed E-state index contributed by atoms with van der Waals surface area (Å²) in [5.41, 5.74) is 0. The van der Waals surface area contributed by atoms with E-state index in [9.17, 15) is 0 Å². The summed E-state index contributed by atoms with van der Waals surface area (Å²) in [6.07, 6.45) is 3.54. The topological polar surface area (TPSA) is 41.5 Å². The van der Waals surface area contributed by atoms with E-state index in [1.54, 1.807) is 7.11 Å². The van der Waals surface area contributed by atoms with E-state index < -0.39 is 0 Å². The zero-order valence-corrected chi connectivity index (χ0v) is 9.75. The van der Waals surface area contributed by atoms with Gasteiger partial charge in [-0.05, 0) is 38.6 Å². The number of methoxy groups -OCH3 is 1. The van der Waals surface area contributed by atoms with Crippen LogP contribution in [0, 0.1) is 5.92 Å². The molecule has 3 heteroatoms. The minimum absolute atomic E-state index is 0.262. The van der Waals surface area contributed by atoms with E-state index in [2.05, 4.69) is 19.2 Å². The summed E-state index contributed by atoms with van der Waals surface area (Å²) in [6.45, 7) is 6.34. The minimum atomic E-state index is 0.262. The van der Waals surface area contributed by atoms with E-state index in [4.69, 9.17) is 9.84 Å². The van der Waals surface area contributed by atoms with Gasteiger partial charge in [0, 0.05) is 26.4 Å². The lowest BCUT2D eigenvalue weighted by atomic mass is 10.1. The Labute approximate surface area is 87.8 Å². The van der Waals surface area contributed by atoms with Crippen LogP contribution in [0.25, 0.3) is 0 Å². The Morgan fingerprint density at radius 2 is 1.93 bits per heavy atom. The van der Waals surface area contributed by atoms with Gasteiger partial charge >= 0.3 is 0 Å². The number of unbranched alkanes of at least 4 members (excludes halogenated alkanes) is 2. The summed E-state index contributed by atoms with van der Waals surface area (Å²) in [6, 6.07) is 0.405. The fraction of sp³-hybridized carbons (Fsp3) is 1.00. The molecule has 2 N–H and O–H groups in total. The standard InChI is InChI=1S/C11H25NO2/c1-10(9-13)11(2)12-7-5-4-6-8-14-3/h10-13H,4-9H2,1-3H3/t10-,11-/m1/s1. The molecule has 2 atom stereocenters. The number of nitrogens with one attached hydrogen (secondary N) is 1. The summed E-state index contributed by atoms with van der Waals surface area (Å²) < 4.78 is 4.97. The van der Waals surface area contributed by atoms with E-state index in [0.29, 0.717) is 12.0 Å². The molecule has 3 nitrogen and oxygen atoms in total. The number of aliphatic hydroxyl groups is 1. The van der Waals surface area contributed by atoms with Gasteiger partial charge in [-0.15, -0.1) is 0 Å². The van der Waals surface area contributed by atoms with Gasteiger partial charge in [0.1, 0.15) is 0 Å². The Balaban J connectivity index is 3.18. The van der Waals surface area contributed by atoms with Crippen LogP contribution in [0.1, 0.15) is 33.1 Å². The summed E-state index contributed by atoms with van der Waals surface area (Å²) in [5, 5.41) is 12.3. The molecule has 0 saturated heterocycles. The highest BCUT2D eigenvalue weighted by atomic mass is 16.5. The fourth-order valence-electron chi connectivity index (χ4n) is 1.24. The Morgan fingerprint density at radius 1 is 1.21 bits per heavy atom. The Kier molecular flexibility index (Phi) is 9.35. The molecule has 0 aliphatic rings. The van der Waals surface area contributed by atoms with Crippen LogP contribution in [0.15, 0.2) is 0 Å². The molecule has 0 bridgehead atoms. The molecule has 0 fully saturated rings. The highest BCUT2D eigenvalue weighted by Gasteiger charge is 2.08. The molecular weight excluding hydrogens is 178 g/mol. The average molecular weight is 203 g/mol. The third-order valence-electron chi connectivity index (χ3n) is 2.63. The lowest BCUT2D eigenvalue weighted by Crippen LogP contribution is -2.34. The van der Waals surface area contributed by atoms with Gasteiger partial charge < -0.3 is 15.2 Å². The highest BCUT2D eigenvalue weighted by molar-refractivity contribution is 4.66. The van der Waals surface area contributed by atoms with Crippen molar-refractivity contribution in [1.29, 1.82) is 0 Å². The normalized spacial score (nSPS) is 15.4. The first kappa shape index (κ1) is 13.9. The second-order valence-electron chi connectivity index (χ2n) is 3.96. The maximum Gasteiger partial charge on any atom is 0.0471 e. The van der Waals surface area contributed by atoms with Gasteiger partial charge in [-0.3, -0.25) is 0 Å². The second kappa shape index (κ2) is 9.44. The van der Waals surface area contributed by atoms with Crippen molar-refractivity contribution in [2.75, 3.05) is 26.9 Å². The van der Waals surface area contributed by atoms with Crippen molar-refractivity contribution in [3.8, 4) is 0 Å². The van der Waals surface area contributed by atoms with Crippen LogP contribution >= 0.6 is 0 Å². The van der Waals surface area contributed by atoms with E-state index in [1.165, 1.54) is 12.8 Å². The molecular formula is C11H25NO2. The largest absolute Gasteiger partial charge is 0.396 e. The smallest absolute Gasteiger partial charge is 0.0471 e. The van der Waals surface area contributed by atoms with Crippen LogP contribution in [0.2, 0.25) is 0 Å². The van der Waals surface area contributed by atoms with E-state index >= 15 is 0 Å². The Morgan fingerprint density at radius 3 is 2.50 bits per heavy atom. The molecule has 0 aromatic rings. The van der Waals surface area contributed by atoms with Gasteiger partial charge in [-0.1, -0.05) is 6.92 Å². The van der Waals surface area contributed by atoms with Crippen LogP contribution < -0.4 is 5.32 Å². The number of hydrogen-bond donors (Lipinski definition) is 2. The van der Waals surface area contributed by atoms with Crippen molar-refractivity contribution in [1.82, 2.24) is 5.32 Å². The minimum Gasteiger partial charge on any atom is -0.396 e. The van der Waals surface area contributed by atoms with E-state index in [0.717, 1.165) is 19.6 Å². The molecule has 0 spiro atoms. The maximum atomic E-state index is 8.92. The molecule has 0 unspecified atom stereocenters. The summed E-state index contributed by atoms with van der Waals surface area (Å²) in [4.78, 5) is 0. The molecule has 86 valence electrons. The van der Waals surface area contributed by atoms with E-state index in [-0.39, 0.29) is 6.61 Å². The molecule has 0 saturated carbocycles. The molecule has 0 aliphatic carbocycles. The van der Waals surface area contributed by atoms with Crippen molar-refractivity contribution in [3.05, 3.63) is 0 Å². The number of ether oxygens (including phenoxy) is 1. The first-order valence-corrected chi connectivity index (χ1v) is 5.55. The van der Waals surface area contributed by atoms with Crippen LogP contribution in [-0.2, 0) is 4.74 Å². The summed E-state index contributed by atoms with van der Waals surface area (Å²) in [5.74, 6) is 0.342. The molecule has 0 heterocycles. The zero-order valence-electron chi connectivity index (χ0n) is 9.75. The second-order valence-corrected chi connectivity index (χ2v) is 3.96. The third-order valence-corrected chi connectivity index (χ3v) is 2.63. The quantitative estimate of drug-likeness (QED) is 0.557. The molecule has 0 aromatic heterocycles. The first-order chi connectivity index (χ1) is 6.72. The van der Waals surface area contributed by atoms with Crippen molar-refractivity contribution >= 4 is 0 Å². The molecule has 0 amide bonds. The van der Waals surface area contributed by atoms with Gasteiger partial charge in [-0.25, -0.2) is 0 Å². The summed E-state index contributed by atoms with van der Waals surface area (Å²) >= 11 is 0. The molecule has 0 rings (SSSR count). The average Bonchev–Trinajstić information content (AvgIpc) is 2.21. The van der Waals surface area contributed by atoms with Crippen molar-refractivity contribution < 1.29 is 9.84 Å². The Hall–Kier alpha value is -0.120.